The van der Waals surface area contributed by atoms with E-state index in [1.54, 1.807) is 36.2 Å². The molecule has 4 amide bonds. The summed E-state index contributed by atoms with van der Waals surface area (Å²) in [5, 5.41) is 8.59. The van der Waals surface area contributed by atoms with Crippen molar-refractivity contribution in [3.8, 4) is 0 Å². The van der Waals surface area contributed by atoms with E-state index in [-0.39, 0.29) is 36.9 Å². The van der Waals surface area contributed by atoms with Crippen molar-refractivity contribution in [1.29, 1.82) is 0 Å². The van der Waals surface area contributed by atoms with Gasteiger partial charge in [0.2, 0.25) is 5.91 Å². The molecule has 0 atom stereocenters. The Morgan fingerprint density at radius 1 is 0.968 bits per heavy atom. The van der Waals surface area contributed by atoms with Gasteiger partial charge < -0.3 is 20.9 Å². The van der Waals surface area contributed by atoms with Crippen molar-refractivity contribution >= 4 is 23.5 Å². The Balaban J connectivity index is 1.37. The largest absolute Gasteiger partial charge is 0.349 e. The molecule has 3 N–H and O–H groups in total. The molecule has 7 heteroatoms. The standard InChI is InChI=1S/C24H30N4O3/c1-28(17-18-7-3-2-4-8-18)24(31)25-16-15-22(29)26-21-13-11-19(12-14-21)23(30)27-20-9-5-6-10-20/h2-4,7-8,11-14,20H,5-6,9-10,15-17H2,1H3,(H,25,31)(H,26,29)(H,27,30). The minimum atomic E-state index is -0.228. The van der Waals surface area contributed by atoms with Crippen molar-refractivity contribution in [2.24, 2.45) is 0 Å². The number of urea groups is 1. The lowest BCUT2D eigenvalue weighted by atomic mass is 10.1. The van der Waals surface area contributed by atoms with E-state index in [1.165, 1.54) is 12.8 Å². The first-order valence-electron chi connectivity index (χ1n) is 10.7. The molecule has 0 radical (unpaired) electrons. The van der Waals surface area contributed by atoms with Gasteiger partial charge in [-0.25, -0.2) is 4.79 Å². The van der Waals surface area contributed by atoms with Crippen LogP contribution >= 0.6 is 0 Å². The van der Waals surface area contributed by atoms with Crippen LogP contribution in [0.15, 0.2) is 54.6 Å². The minimum absolute atomic E-state index is 0.0767. The molecule has 0 heterocycles. The Hall–Kier alpha value is -3.35. The van der Waals surface area contributed by atoms with Crippen LogP contribution in [-0.4, -0.2) is 42.4 Å². The van der Waals surface area contributed by atoms with Gasteiger partial charge in [0.1, 0.15) is 0 Å². The van der Waals surface area contributed by atoms with Crippen LogP contribution in [0.5, 0.6) is 0 Å². The number of nitrogens with zero attached hydrogens (tertiary/aromatic N) is 1. The summed E-state index contributed by atoms with van der Waals surface area (Å²) in [7, 11) is 1.72. The zero-order valence-corrected chi connectivity index (χ0v) is 17.9. The summed E-state index contributed by atoms with van der Waals surface area (Å²) in [6, 6.07) is 16.6. The van der Waals surface area contributed by atoms with E-state index in [4.69, 9.17) is 0 Å². The van der Waals surface area contributed by atoms with Crippen LogP contribution in [0.25, 0.3) is 0 Å². The zero-order valence-electron chi connectivity index (χ0n) is 17.9. The summed E-state index contributed by atoms with van der Waals surface area (Å²) in [5.74, 6) is -0.277. The average molecular weight is 423 g/mol. The molecule has 7 nitrogen and oxygen atoms in total. The Morgan fingerprint density at radius 3 is 2.32 bits per heavy atom. The number of anilines is 1. The third kappa shape index (κ3) is 7.13. The summed E-state index contributed by atoms with van der Waals surface area (Å²) < 4.78 is 0. The van der Waals surface area contributed by atoms with Gasteiger partial charge in [-0.1, -0.05) is 43.2 Å². The highest BCUT2D eigenvalue weighted by molar-refractivity contribution is 5.96. The van der Waals surface area contributed by atoms with E-state index < -0.39 is 0 Å². The Labute approximate surface area is 183 Å². The van der Waals surface area contributed by atoms with E-state index in [9.17, 15) is 14.4 Å². The molecular weight excluding hydrogens is 392 g/mol. The third-order valence-corrected chi connectivity index (χ3v) is 5.36. The molecule has 0 aromatic heterocycles. The summed E-state index contributed by atoms with van der Waals surface area (Å²) in [4.78, 5) is 38.1. The highest BCUT2D eigenvalue weighted by Crippen LogP contribution is 2.18. The maximum atomic E-state index is 12.3. The first kappa shape index (κ1) is 22.3. The number of carbonyl (C=O) groups excluding carboxylic acids is 3. The van der Waals surface area contributed by atoms with Crippen molar-refractivity contribution in [2.45, 2.75) is 44.7 Å². The molecule has 1 aliphatic rings. The highest BCUT2D eigenvalue weighted by Gasteiger charge is 2.18. The first-order chi connectivity index (χ1) is 15.0. The van der Waals surface area contributed by atoms with Gasteiger partial charge in [-0.2, -0.15) is 0 Å². The molecule has 0 unspecified atom stereocenters. The smallest absolute Gasteiger partial charge is 0.317 e. The zero-order chi connectivity index (χ0) is 22.1. The maximum Gasteiger partial charge on any atom is 0.317 e. The number of carbonyl (C=O) groups is 3. The fraction of sp³-hybridized carbons (Fsp3) is 0.375. The molecule has 2 aromatic carbocycles. The lowest BCUT2D eigenvalue weighted by Crippen LogP contribution is -2.38. The lowest BCUT2D eigenvalue weighted by molar-refractivity contribution is -0.116. The predicted molar refractivity (Wildman–Crippen MR) is 121 cm³/mol. The number of nitrogens with one attached hydrogen (secondary N) is 3. The van der Waals surface area contributed by atoms with E-state index in [2.05, 4.69) is 16.0 Å². The van der Waals surface area contributed by atoms with Crippen LogP contribution in [0.1, 0.15) is 48.0 Å². The van der Waals surface area contributed by atoms with Crippen molar-refractivity contribution in [2.75, 3.05) is 18.9 Å². The Bertz CT molecular complexity index is 877. The summed E-state index contributed by atoms with van der Waals surface area (Å²) >= 11 is 0. The number of hydrogen-bond acceptors (Lipinski definition) is 3. The number of amides is 4. The second-order valence-electron chi connectivity index (χ2n) is 7.90. The molecule has 1 aliphatic carbocycles. The number of benzene rings is 2. The summed E-state index contributed by atoms with van der Waals surface area (Å²) in [5.41, 5.74) is 2.24. The molecule has 1 saturated carbocycles. The molecule has 2 aromatic rings. The predicted octanol–water partition coefficient (Wildman–Crippen LogP) is 3.53. The van der Waals surface area contributed by atoms with E-state index >= 15 is 0 Å². The van der Waals surface area contributed by atoms with Gasteiger partial charge in [-0.05, 0) is 42.7 Å². The maximum absolute atomic E-state index is 12.3. The summed E-state index contributed by atoms with van der Waals surface area (Å²) in [6.07, 6.45) is 4.57. The minimum Gasteiger partial charge on any atom is -0.349 e. The van der Waals surface area contributed by atoms with Crippen molar-refractivity contribution in [3.63, 3.8) is 0 Å². The van der Waals surface area contributed by atoms with Gasteiger partial charge in [-0.15, -0.1) is 0 Å². The van der Waals surface area contributed by atoms with E-state index in [0.29, 0.717) is 17.8 Å². The van der Waals surface area contributed by atoms with Gasteiger partial charge in [0.25, 0.3) is 5.91 Å². The number of rotatable bonds is 8. The molecular formula is C24H30N4O3. The van der Waals surface area contributed by atoms with Crippen molar-refractivity contribution in [3.05, 3.63) is 65.7 Å². The van der Waals surface area contributed by atoms with Crippen molar-refractivity contribution in [1.82, 2.24) is 15.5 Å². The first-order valence-corrected chi connectivity index (χ1v) is 10.7. The van der Waals surface area contributed by atoms with Crippen LogP contribution in [0.2, 0.25) is 0 Å². The van der Waals surface area contributed by atoms with Crippen molar-refractivity contribution < 1.29 is 14.4 Å². The van der Waals surface area contributed by atoms with Gasteiger partial charge in [0.05, 0.1) is 0 Å². The van der Waals surface area contributed by atoms with Gasteiger partial charge >= 0.3 is 6.03 Å². The average Bonchev–Trinajstić information content (AvgIpc) is 3.28. The lowest BCUT2D eigenvalue weighted by Gasteiger charge is -2.18. The second kappa shape index (κ2) is 11.2. The van der Waals surface area contributed by atoms with Gasteiger partial charge in [0, 0.05) is 43.9 Å². The van der Waals surface area contributed by atoms with E-state index in [0.717, 1.165) is 18.4 Å². The topological polar surface area (TPSA) is 90.5 Å². The highest BCUT2D eigenvalue weighted by atomic mass is 16.2. The second-order valence-corrected chi connectivity index (χ2v) is 7.90. The monoisotopic (exact) mass is 422 g/mol. The molecule has 3 rings (SSSR count). The SMILES string of the molecule is CN(Cc1ccccc1)C(=O)NCCC(=O)Nc1ccc(C(=O)NC2CCCC2)cc1. The number of hydrogen-bond donors (Lipinski definition) is 3. The van der Waals surface area contributed by atoms with Crippen LogP contribution in [0.3, 0.4) is 0 Å². The Kier molecular flexibility index (Phi) is 8.04. The van der Waals surface area contributed by atoms with Gasteiger partial charge in [-0.3, -0.25) is 9.59 Å². The van der Waals surface area contributed by atoms with Crippen LogP contribution in [0, 0.1) is 0 Å². The molecule has 0 aliphatic heterocycles. The van der Waals surface area contributed by atoms with Crippen LogP contribution in [-0.2, 0) is 11.3 Å². The Morgan fingerprint density at radius 2 is 1.65 bits per heavy atom. The fourth-order valence-corrected chi connectivity index (χ4v) is 3.61. The van der Waals surface area contributed by atoms with E-state index in [1.807, 2.05) is 30.3 Å². The molecule has 0 saturated heterocycles. The molecule has 31 heavy (non-hydrogen) atoms. The quantitative estimate of drug-likeness (QED) is 0.608. The van der Waals surface area contributed by atoms with Crippen LogP contribution < -0.4 is 16.0 Å². The molecule has 0 spiro atoms. The third-order valence-electron chi connectivity index (χ3n) is 5.36. The normalized spacial score (nSPS) is 13.5. The molecule has 0 bridgehead atoms. The van der Waals surface area contributed by atoms with Gasteiger partial charge in [0.15, 0.2) is 0 Å². The summed E-state index contributed by atoms with van der Waals surface area (Å²) in [6.45, 7) is 0.741. The molecule has 164 valence electrons. The van der Waals surface area contributed by atoms with Crippen LogP contribution in [0.4, 0.5) is 10.5 Å². The fourth-order valence-electron chi connectivity index (χ4n) is 3.61. The molecule has 1 fully saturated rings.